The van der Waals surface area contributed by atoms with E-state index < -0.39 is 0 Å². The van der Waals surface area contributed by atoms with Crippen LogP contribution in [0.5, 0.6) is 17.2 Å². The van der Waals surface area contributed by atoms with E-state index in [1.54, 1.807) is 7.11 Å². The second-order valence-electron chi connectivity index (χ2n) is 8.92. The summed E-state index contributed by atoms with van der Waals surface area (Å²) in [4.78, 5) is 13.1. The van der Waals surface area contributed by atoms with Crippen molar-refractivity contribution in [2.45, 2.75) is 57.8 Å². The molecular weight excluding hydrogens is 430 g/mol. The molecule has 0 aliphatic carbocycles. The van der Waals surface area contributed by atoms with Gasteiger partial charge in [-0.25, -0.2) is 0 Å². The molecule has 0 bridgehead atoms. The van der Waals surface area contributed by atoms with Crippen LogP contribution in [0.3, 0.4) is 0 Å². The monoisotopic (exact) mass is 465 g/mol. The van der Waals surface area contributed by atoms with Gasteiger partial charge in [0, 0.05) is 18.7 Å². The van der Waals surface area contributed by atoms with Crippen molar-refractivity contribution in [3.63, 3.8) is 0 Å². The first kappa shape index (κ1) is 24.1. The molecule has 1 aliphatic rings. The summed E-state index contributed by atoms with van der Waals surface area (Å²) in [5.74, 6) is 2.12. The molecule has 0 unspecified atom stereocenters. The first-order valence-corrected chi connectivity index (χ1v) is 12.4. The Morgan fingerprint density at radius 2 is 1.53 bits per heavy atom. The number of ether oxygens (including phenoxy) is 3. The third-order valence-corrected chi connectivity index (χ3v) is 6.52. The van der Waals surface area contributed by atoms with Crippen LogP contribution in [0, 0.1) is 0 Å². The lowest BCUT2D eigenvalue weighted by molar-refractivity contribution is 0.0954. The number of hydrogen-bond donors (Lipinski definition) is 2. The van der Waals surface area contributed by atoms with Gasteiger partial charge in [-0.1, -0.05) is 44.9 Å². The molecular formula is C28H35NO5. The molecule has 0 fully saturated rings. The van der Waals surface area contributed by atoms with Gasteiger partial charge in [-0.2, -0.15) is 0 Å². The van der Waals surface area contributed by atoms with Gasteiger partial charge in [-0.05, 0) is 70.8 Å². The molecule has 0 radical (unpaired) electrons. The van der Waals surface area contributed by atoms with Crippen LogP contribution < -0.4 is 19.5 Å². The maximum atomic E-state index is 13.1. The molecule has 3 aromatic carbocycles. The van der Waals surface area contributed by atoms with E-state index >= 15 is 0 Å². The highest BCUT2D eigenvalue weighted by Crippen LogP contribution is 2.40. The van der Waals surface area contributed by atoms with E-state index in [-0.39, 0.29) is 12.7 Å². The molecule has 1 amide bonds. The number of benzene rings is 3. The number of aliphatic hydroxyl groups excluding tert-OH is 1. The van der Waals surface area contributed by atoms with Crippen LogP contribution >= 0.6 is 0 Å². The Morgan fingerprint density at radius 1 is 0.853 bits per heavy atom. The number of hydrogen-bond acceptors (Lipinski definition) is 5. The quantitative estimate of drug-likeness (QED) is 0.240. The molecule has 6 heteroatoms. The van der Waals surface area contributed by atoms with E-state index in [2.05, 4.69) is 5.32 Å². The topological polar surface area (TPSA) is 77.0 Å². The summed E-state index contributed by atoms with van der Waals surface area (Å²) in [6.07, 6.45) is 10.3. The number of nitrogens with one attached hydrogen (secondary N) is 1. The summed E-state index contributed by atoms with van der Waals surface area (Å²) in [7, 11) is 1.64. The van der Waals surface area contributed by atoms with Crippen LogP contribution in [0.2, 0.25) is 0 Å². The minimum atomic E-state index is -0.0568. The number of aliphatic hydroxyl groups is 1. The number of carbonyl (C=O) groups excluding carboxylic acids is 1. The zero-order chi connectivity index (χ0) is 23.8. The van der Waals surface area contributed by atoms with Gasteiger partial charge >= 0.3 is 0 Å². The van der Waals surface area contributed by atoms with E-state index in [1.807, 2.05) is 36.4 Å². The second-order valence-corrected chi connectivity index (χ2v) is 8.92. The number of methoxy groups -OCH3 is 1. The van der Waals surface area contributed by atoms with Crippen LogP contribution in [0.15, 0.2) is 36.4 Å². The third kappa shape index (κ3) is 5.73. The molecule has 0 spiro atoms. The van der Waals surface area contributed by atoms with Crippen LogP contribution in [-0.4, -0.2) is 38.1 Å². The van der Waals surface area contributed by atoms with Gasteiger partial charge < -0.3 is 24.6 Å². The molecule has 1 aliphatic heterocycles. The van der Waals surface area contributed by atoms with E-state index in [4.69, 9.17) is 19.3 Å². The van der Waals surface area contributed by atoms with Crippen LogP contribution in [0.4, 0.5) is 0 Å². The molecule has 0 saturated carbocycles. The fraction of sp³-hybridized carbons (Fsp3) is 0.464. The summed E-state index contributed by atoms with van der Waals surface area (Å²) < 4.78 is 16.6. The lowest BCUT2D eigenvalue weighted by Gasteiger charge is -2.13. The van der Waals surface area contributed by atoms with Crippen LogP contribution in [-0.2, 0) is 0 Å². The van der Waals surface area contributed by atoms with Crippen molar-refractivity contribution in [3.05, 3.63) is 42.0 Å². The molecule has 6 nitrogen and oxygen atoms in total. The van der Waals surface area contributed by atoms with E-state index in [1.165, 1.54) is 32.1 Å². The van der Waals surface area contributed by atoms with Crippen molar-refractivity contribution in [3.8, 4) is 17.2 Å². The minimum absolute atomic E-state index is 0.0568. The predicted octanol–water partition coefficient (Wildman–Crippen LogP) is 5.96. The summed E-state index contributed by atoms with van der Waals surface area (Å²) in [6, 6.07) is 11.7. The number of fused-ring (bicyclic) bond motifs is 4. The molecule has 182 valence electrons. The van der Waals surface area contributed by atoms with Gasteiger partial charge in [-0.3, -0.25) is 4.79 Å². The average molecular weight is 466 g/mol. The lowest BCUT2D eigenvalue weighted by Crippen LogP contribution is -2.24. The van der Waals surface area contributed by atoms with Crippen molar-refractivity contribution in [1.29, 1.82) is 0 Å². The number of carbonyl (C=O) groups is 1. The van der Waals surface area contributed by atoms with Gasteiger partial charge in [0.05, 0.1) is 7.11 Å². The van der Waals surface area contributed by atoms with Gasteiger partial charge in [-0.15, -0.1) is 0 Å². The molecule has 1 heterocycles. The predicted molar refractivity (Wildman–Crippen MR) is 135 cm³/mol. The van der Waals surface area contributed by atoms with E-state index in [9.17, 15) is 4.79 Å². The van der Waals surface area contributed by atoms with E-state index in [0.717, 1.165) is 58.7 Å². The molecule has 0 atom stereocenters. The maximum absolute atomic E-state index is 13.1. The highest BCUT2D eigenvalue weighted by atomic mass is 16.7. The Labute approximate surface area is 201 Å². The Hall–Kier alpha value is -2.99. The highest BCUT2D eigenvalue weighted by Gasteiger charge is 2.19. The Bertz CT molecular complexity index is 1130. The van der Waals surface area contributed by atoms with Gasteiger partial charge in [0.1, 0.15) is 5.75 Å². The van der Waals surface area contributed by atoms with E-state index in [0.29, 0.717) is 24.5 Å². The number of amides is 1. The first-order chi connectivity index (χ1) is 16.7. The summed E-state index contributed by atoms with van der Waals surface area (Å²) in [5.41, 5.74) is 0.659. The molecule has 3 aromatic rings. The van der Waals surface area contributed by atoms with Crippen molar-refractivity contribution in [2.24, 2.45) is 0 Å². The molecule has 2 N–H and O–H groups in total. The summed E-state index contributed by atoms with van der Waals surface area (Å²) in [5, 5.41) is 15.7. The fourth-order valence-corrected chi connectivity index (χ4v) is 4.61. The normalized spacial score (nSPS) is 12.4. The van der Waals surface area contributed by atoms with Crippen molar-refractivity contribution >= 4 is 27.5 Å². The standard InChI is InChI=1S/C28H35NO5/c1-32-21-11-12-22-24(17-21)23-18-27-26(33-19-34-27)16-20(23)15-25(22)28(31)29-13-9-7-5-3-2-4-6-8-10-14-30/h11-12,15-18,30H,2-10,13-14,19H2,1H3,(H,29,31). The van der Waals surface area contributed by atoms with Crippen LogP contribution in [0.25, 0.3) is 21.5 Å². The molecule has 0 aromatic heterocycles. The van der Waals surface area contributed by atoms with Crippen molar-refractivity contribution in [1.82, 2.24) is 5.32 Å². The van der Waals surface area contributed by atoms with Crippen LogP contribution in [0.1, 0.15) is 68.1 Å². The Balaban J connectivity index is 1.38. The zero-order valence-electron chi connectivity index (χ0n) is 20.0. The summed E-state index contributed by atoms with van der Waals surface area (Å²) in [6.45, 7) is 1.19. The smallest absolute Gasteiger partial charge is 0.251 e. The first-order valence-electron chi connectivity index (χ1n) is 12.4. The fourth-order valence-electron chi connectivity index (χ4n) is 4.61. The van der Waals surface area contributed by atoms with Crippen molar-refractivity contribution in [2.75, 3.05) is 27.1 Å². The molecule has 34 heavy (non-hydrogen) atoms. The average Bonchev–Trinajstić information content (AvgIpc) is 3.32. The van der Waals surface area contributed by atoms with Crippen molar-refractivity contribution < 1.29 is 24.1 Å². The van der Waals surface area contributed by atoms with Gasteiger partial charge in [0.25, 0.3) is 5.91 Å². The molecule has 4 rings (SSSR count). The highest BCUT2D eigenvalue weighted by molar-refractivity contribution is 6.18. The Kier molecular flexibility index (Phi) is 8.47. The minimum Gasteiger partial charge on any atom is -0.497 e. The summed E-state index contributed by atoms with van der Waals surface area (Å²) >= 11 is 0. The van der Waals surface area contributed by atoms with Gasteiger partial charge in [0.2, 0.25) is 6.79 Å². The third-order valence-electron chi connectivity index (χ3n) is 6.52. The number of unbranched alkanes of at least 4 members (excludes halogenated alkanes) is 8. The number of rotatable bonds is 13. The SMILES string of the molecule is COc1ccc2c(C(=O)NCCCCCCCCCCCO)cc3cc4c(cc3c2c1)OCO4. The van der Waals surface area contributed by atoms with Gasteiger partial charge in [0.15, 0.2) is 11.5 Å². The second kappa shape index (κ2) is 11.9. The lowest BCUT2D eigenvalue weighted by atomic mass is 9.96. The zero-order valence-corrected chi connectivity index (χ0v) is 20.0. The molecule has 0 saturated heterocycles. The maximum Gasteiger partial charge on any atom is 0.251 e. The Morgan fingerprint density at radius 3 is 2.24 bits per heavy atom. The largest absolute Gasteiger partial charge is 0.497 e.